The Balaban J connectivity index is 3.17. The Labute approximate surface area is 121 Å². The summed E-state index contributed by atoms with van der Waals surface area (Å²) in [5.74, 6) is 0. The van der Waals surface area contributed by atoms with Crippen LogP contribution in [-0.4, -0.2) is 12.6 Å². The van der Waals surface area contributed by atoms with Crippen molar-refractivity contribution in [1.82, 2.24) is 5.32 Å². The molecule has 0 spiro atoms. The van der Waals surface area contributed by atoms with Crippen molar-refractivity contribution in [2.45, 2.75) is 52.0 Å². The molecule has 1 aromatic rings. The molecule has 102 valence electrons. The van der Waals surface area contributed by atoms with Crippen LogP contribution in [0.4, 0.5) is 0 Å². The van der Waals surface area contributed by atoms with Gasteiger partial charge >= 0.3 is 0 Å². The fourth-order valence-electron chi connectivity index (χ4n) is 2.35. The van der Waals surface area contributed by atoms with Gasteiger partial charge in [-0.3, -0.25) is 0 Å². The zero-order valence-corrected chi connectivity index (χ0v) is 13.2. The summed E-state index contributed by atoms with van der Waals surface area (Å²) in [6.07, 6.45) is 2.04. The minimum Gasteiger partial charge on any atom is -0.314 e. The van der Waals surface area contributed by atoms with E-state index in [2.05, 4.69) is 33.0 Å². The number of rotatable bonds is 6. The maximum absolute atomic E-state index is 6.37. The predicted octanol–water partition coefficient (Wildman–Crippen LogP) is 5.05. The standard InChI is InChI=1S/C15H23Cl2N/c1-5-15(6-2,10-18-11(3)4)14-12(16)8-7-9-13(14)17/h7-9,11,18H,5-6,10H2,1-4H3. The van der Waals surface area contributed by atoms with Crippen LogP contribution in [0.15, 0.2) is 18.2 Å². The van der Waals surface area contributed by atoms with E-state index in [1.165, 1.54) is 0 Å². The lowest BCUT2D eigenvalue weighted by molar-refractivity contribution is 0.355. The van der Waals surface area contributed by atoms with E-state index in [1.807, 2.05) is 18.2 Å². The fraction of sp³-hybridized carbons (Fsp3) is 0.600. The average molecular weight is 288 g/mol. The lowest BCUT2D eigenvalue weighted by atomic mass is 9.75. The molecule has 0 saturated carbocycles. The van der Waals surface area contributed by atoms with Crippen LogP contribution >= 0.6 is 23.2 Å². The zero-order chi connectivity index (χ0) is 13.8. The Morgan fingerprint density at radius 1 is 1.11 bits per heavy atom. The molecule has 0 heterocycles. The van der Waals surface area contributed by atoms with Crippen molar-refractivity contribution in [3.8, 4) is 0 Å². The minimum atomic E-state index is 0.0136. The monoisotopic (exact) mass is 287 g/mol. The van der Waals surface area contributed by atoms with Gasteiger partial charge in [-0.1, -0.05) is 57.0 Å². The summed E-state index contributed by atoms with van der Waals surface area (Å²) in [6, 6.07) is 6.22. The molecule has 0 aliphatic rings. The number of benzene rings is 1. The number of halogens is 2. The van der Waals surface area contributed by atoms with E-state index >= 15 is 0 Å². The van der Waals surface area contributed by atoms with Crippen LogP contribution in [0.25, 0.3) is 0 Å². The van der Waals surface area contributed by atoms with Crippen molar-refractivity contribution in [2.24, 2.45) is 0 Å². The Hall–Kier alpha value is -0.240. The molecular weight excluding hydrogens is 265 g/mol. The molecule has 1 rings (SSSR count). The van der Waals surface area contributed by atoms with Crippen LogP contribution in [0.5, 0.6) is 0 Å². The number of hydrogen-bond acceptors (Lipinski definition) is 1. The lowest BCUT2D eigenvalue weighted by Gasteiger charge is -2.35. The van der Waals surface area contributed by atoms with E-state index in [1.54, 1.807) is 0 Å². The van der Waals surface area contributed by atoms with Crippen LogP contribution in [0.2, 0.25) is 10.0 Å². The van der Waals surface area contributed by atoms with Gasteiger partial charge in [0.15, 0.2) is 0 Å². The highest BCUT2D eigenvalue weighted by atomic mass is 35.5. The molecule has 1 N–H and O–H groups in total. The van der Waals surface area contributed by atoms with Crippen molar-refractivity contribution in [3.05, 3.63) is 33.8 Å². The predicted molar refractivity (Wildman–Crippen MR) is 81.9 cm³/mol. The fourth-order valence-corrected chi connectivity index (χ4v) is 3.14. The summed E-state index contributed by atoms with van der Waals surface area (Å²) in [5.41, 5.74) is 1.10. The summed E-state index contributed by atoms with van der Waals surface area (Å²) < 4.78 is 0. The largest absolute Gasteiger partial charge is 0.314 e. The Kier molecular flexibility index (Phi) is 5.97. The van der Waals surface area contributed by atoms with Gasteiger partial charge in [-0.25, -0.2) is 0 Å². The van der Waals surface area contributed by atoms with E-state index < -0.39 is 0 Å². The van der Waals surface area contributed by atoms with E-state index in [0.29, 0.717) is 6.04 Å². The van der Waals surface area contributed by atoms with Crippen molar-refractivity contribution in [1.29, 1.82) is 0 Å². The molecule has 0 unspecified atom stereocenters. The molecule has 3 heteroatoms. The Bertz CT molecular complexity index is 364. The molecule has 0 bridgehead atoms. The van der Waals surface area contributed by atoms with Gasteiger partial charge in [0.2, 0.25) is 0 Å². The van der Waals surface area contributed by atoms with Crippen molar-refractivity contribution >= 4 is 23.2 Å². The molecule has 0 aromatic heterocycles. The molecule has 0 saturated heterocycles. The maximum Gasteiger partial charge on any atom is 0.0459 e. The summed E-state index contributed by atoms with van der Waals surface area (Å²) >= 11 is 12.7. The molecule has 0 aliphatic carbocycles. The molecule has 1 aromatic carbocycles. The van der Waals surface area contributed by atoms with Gasteiger partial charge in [-0.15, -0.1) is 0 Å². The van der Waals surface area contributed by atoms with Gasteiger partial charge in [0.1, 0.15) is 0 Å². The smallest absolute Gasteiger partial charge is 0.0459 e. The normalized spacial score (nSPS) is 12.2. The van der Waals surface area contributed by atoms with Crippen LogP contribution in [0, 0.1) is 0 Å². The highest BCUT2D eigenvalue weighted by Crippen LogP contribution is 2.40. The highest BCUT2D eigenvalue weighted by Gasteiger charge is 2.32. The maximum atomic E-state index is 6.37. The van der Waals surface area contributed by atoms with Crippen molar-refractivity contribution in [2.75, 3.05) is 6.54 Å². The van der Waals surface area contributed by atoms with Crippen LogP contribution in [0.3, 0.4) is 0 Å². The van der Waals surface area contributed by atoms with Gasteiger partial charge in [-0.2, -0.15) is 0 Å². The minimum absolute atomic E-state index is 0.0136. The van der Waals surface area contributed by atoms with Crippen LogP contribution in [0.1, 0.15) is 46.1 Å². The van der Waals surface area contributed by atoms with Gasteiger partial charge in [0.05, 0.1) is 0 Å². The molecule has 0 aliphatic heterocycles. The van der Waals surface area contributed by atoms with E-state index in [9.17, 15) is 0 Å². The molecule has 0 radical (unpaired) electrons. The molecule has 18 heavy (non-hydrogen) atoms. The first-order valence-corrected chi connectivity index (χ1v) is 7.40. The quantitative estimate of drug-likeness (QED) is 0.772. The molecule has 0 atom stereocenters. The molecule has 1 nitrogen and oxygen atoms in total. The molecule has 0 amide bonds. The highest BCUT2D eigenvalue weighted by molar-refractivity contribution is 6.36. The third kappa shape index (κ3) is 3.40. The van der Waals surface area contributed by atoms with E-state index in [-0.39, 0.29) is 5.41 Å². The van der Waals surface area contributed by atoms with Gasteiger partial charge in [0, 0.05) is 28.0 Å². The second-order valence-electron chi connectivity index (χ2n) is 5.12. The summed E-state index contributed by atoms with van der Waals surface area (Å²) in [4.78, 5) is 0. The molecule has 0 fully saturated rings. The SMILES string of the molecule is CCC(CC)(CNC(C)C)c1c(Cl)cccc1Cl. The number of hydrogen-bond donors (Lipinski definition) is 1. The van der Waals surface area contributed by atoms with Crippen LogP contribution < -0.4 is 5.32 Å². The topological polar surface area (TPSA) is 12.0 Å². The first-order valence-electron chi connectivity index (χ1n) is 6.64. The van der Waals surface area contributed by atoms with Gasteiger partial charge in [-0.05, 0) is 30.5 Å². The van der Waals surface area contributed by atoms with Crippen molar-refractivity contribution in [3.63, 3.8) is 0 Å². The summed E-state index contributed by atoms with van der Waals surface area (Å²) in [6.45, 7) is 9.62. The van der Waals surface area contributed by atoms with Gasteiger partial charge < -0.3 is 5.32 Å². The Morgan fingerprint density at radius 2 is 1.61 bits per heavy atom. The van der Waals surface area contributed by atoms with Crippen LogP contribution in [-0.2, 0) is 5.41 Å². The first-order chi connectivity index (χ1) is 8.46. The average Bonchev–Trinajstić information content (AvgIpc) is 2.33. The van der Waals surface area contributed by atoms with Gasteiger partial charge in [0.25, 0.3) is 0 Å². The second kappa shape index (κ2) is 6.79. The zero-order valence-electron chi connectivity index (χ0n) is 11.7. The third-order valence-corrected chi connectivity index (χ3v) is 4.33. The summed E-state index contributed by atoms with van der Waals surface area (Å²) in [7, 11) is 0. The lowest BCUT2D eigenvalue weighted by Crippen LogP contribution is -2.40. The molecular formula is C15H23Cl2N. The van der Waals surface area contributed by atoms with E-state index in [4.69, 9.17) is 23.2 Å². The summed E-state index contributed by atoms with van der Waals surface area (Å²) in [5, 5.41) is 5.07. The Morgan fingerprint density at radius 3 is 2.00 bits per heavy atom. The second-order valence-corrected chi connectivity index (χ2v) is 5.93. The third-order valence-electron chi connectivity index (χ3n) is 3.70. The number of nitrogens with one attached hydrogen (secondary N) is 1. The first kappa shape index (κ1) is 15.8. The van der Waals surface area contributed by atoms with Crippen molar-refractivity contribution < 1.29 is 0 Å². The van der Waals surface area contributed by atoms with E-state index in [0.717, 1.165) is 35.0 Å².